The molecule has 1 heterocycles. The summed E-state index contributed by atoms with van der Waals surface area (Å²) < 4.78 is 28.6. The van der Waals surface area contributed by atoms with E-state index in [-0.39, 0.29) is 45.2 Å². The molecule has 11 atom stereocenters. The molecule has 0 radical (unpaired) electrons. The smallest absolute Gasteiger partial charge is 0.264 e. The highest BCUT2D eigenvalue weighted by Gasteiger charge is 2.64. The Bertz CT molecular complexity index is 1490. The Hall–Kier alpha value is -1.97. The Morgan fingerprint density at radius 1 is 1.00 bits per heavy atom. The van der Waals surface area contributed by atoms with Crippen LogP contribution in [0.1, 0.15) is 118 Å². The molecule has 4 saturated carbocycles. The molecule has 2 aromatic rings. The maximum absolute atomic E-state index is 13.0. The molecule has 0 bridgehead atoms. The highest BCUT2D eigenvalue weighted by atomic mass is 32.2. The van der Waals surface area contributed by atoms with Crippen LogP contribution in [0.25, 0.3) is 0 Å². The summed E-state index contributed by atoms with van der Waals surface area (Å²) in [6.45, 7) is 15.9. The summed E-state index contributed by atoms with van der Waals surface area (Å²) in [5.74, 6) is 3.97. The zero-order valence-corrected chi connectivity index (χ0v) is 29.9. The van der Waals surface area contributed by atoms with E-state index in [1.54, 1.807) is 12.1 Å². The van der Waals surface area contributed by atoms with Crippen LogP contribution in [-0.2, 0) is 21.9 Å². The molecule has 1 aromatic heterocycles. The number of rotatable bonds is 8. The number of anilines is 1. The van der Waals surface area contributed by atoms with Gasteiger partial charge in [0.2, 0.25) is 0 Å². The summed E-state index contributed by atoms with van der Waals surface area (Å²) in [4.78, 5) is 4.69. The van der Waals surface area contributed by atoms with Crippen molar-refractivity contribution in [2.75, 3.05) is 4.72 Å². The van der Waals surface area contributed by atoms with E-state index in [0.717, 1.165) is 37.7 Å². The van der Waals surface area contributed by atoms with Crippen molar-refractivity contribution in [3.05, 3.63) is 35.7 Å². The Kier molecular flexibility index (Phi) is 8.97. The lowest BCUT2D eigenvalue weighted by molar-refractivity contribution is -0.203. The molecule has 8 nitrogen and oxygen atoms in total. The van der Waals surface area contributed by atoms with Gasteiger partial charge >= 0.3 is 0 Å². The molecule has 0 amide bonds. The van der Waals surface area contributed by atoms with Crippen molar-refractivity contribution in [1.29, 1.82) is 0 Å². The third-order valence-electron chi connectivity index (χ3n) is 13.8. The number of benzene rings is 1. The number of aryl methyl sites for hydroxylation is 1. The summed E-state index contributed by atoms with van der Waals surface area (Å²) in [7, 11) is -3.79. The van der Waals surface area contributed by atoms with Crippen LogP contribution in [0.2, 0.25) is 0 Å². The second kappa shape index (κ2) is 12.2. The molecule has 4 aliphatic carbocycles. The molecular weight excluding hydrogens is 596 g/mol. The third-order valence-corrected chi connectivity index (χ3v) is 15.1. The van der Waals surface area contributed by atoms with Crippen LogP contribution in [-0.4, -0.2) is 46.0 Å². The van der Waals surface area contributed by atoms with Gasteiger partial charge in [0.15, 0.2) is 0 Å². The van der Waals surface area contributed by atoms with Crippen LogP contribution >= 0.6 is 0 Å². The maximum Gasteiger partial charge on any atom is 0.264 e. The minimum atomic E-state index is -3.79. The van der Waals surface area contributed by atoms with Crippen LogP contribution in [0.15, 0.2) is 29.2 Å². The Labute approximate surface area is 277 Å². The highest BCUT2D eigenvalue weighted by molar-refractivity contribution is 7.92. The van der Waals surface area contributed by atoms with E-state index in [0.29, 0.717) is 47.8 Å². The third kappa shape index (κ3) is 5.84. The molecule has 4 N–H and O–H groups in total. The first kappa shape index (κ1) is 33.9. The van der Waals surface area contributed by atoms with Crippen molar-refractivity contribution < 1.29 is 18.6 Å². The molecule has 9 heteroatoms. The number of fused-ring (bicyclic) bond motifs is 5. The van der Waals surface area contributed by atoms with E-state index in [1.807, 2.05) is 12.1 Å². The van der Waals surface area contributed by atoms with E-state index >= 15 is 0 Å². The summed E-state index contributed by atoms with van der Waals surface area (Å²) in [6.07, 6.45) is 9.79. The number of aliphatic hydroxyl groups excluding tert-OH is 2. The number of hydrogen-bond donors (Lipinski definition) is 4. The molecule has 6 rings (SSSR count). The predicted octanol–water partition coefficient (Wildman–Crippen LogP) is 7.10. The average Bonchev–Trinajstić information content (AvgIpc) is 3.59. The zero-order chi connectivity index (χ0) is 33.2. The van der Waals surface area contributed by atoms with Gasteiger partial charge in [-0.05, 0) is 127 Å². The number of aromatic nitrogens is 3. The van der Waals surface area contributed by atoms with Crippen LogP contribution in [0.3, 0.4) is 0 Å². The van der Waals surface area contributed by atoms with Crippen molar-refractivity contribution in [1.82, 2.24) is 15.2 Å². The fourth-order valence-corrected chi connectivity index (χ4v) is 12.2. The topological polar surface area (TPSA) is 128 Å². The maximum atomic E-state index is 13.0. The largest absolute Gasteiger partial charge is 0.393 e. The molecule has 0 saturated heterocycles. The molecule has 0 spiro atoms. The monoisotopic (exact) mass is 654 g/mol. The van der Waals surface area contributed by atoms with Crippen molar-refractivity contribution in [3.63, 3.8) is 0 Å². The summed E-state index contributed by atoms with van der Waals surface area (Å²) in [5, 5.41) is 29.7. The number of aromatic amines is 1. The van der Waals surface area contributed by atoms with E-state index in [9.17, 15) is 18.6 Å². The Balaban J connectivity index is 1.10. The number of nitrogens with zero attached hydrogens (tertiary/aromatic N) is 2. The molecular formula is C37H58N4O4S. The van der Waals surface area contributed by atoms with Crippen molar-refractivity contribution in [2.45, 2.75) is 135 Å². The fraction of sp³-hybridized carbons (Fsp3) is 0.784. The standard InChI is InChI=1S/C37H58N4O4S/c1-8-26-30-21-24(42)17-19-37(30,7)29-18-20-36(6)27(14-15-28(36)32(29)33(26)43)22(2)9-16-31-38-34(40-39-31)41-46(44,45)25-12-10-23(11-13-25)35(3,4)5/h10-13,22,24,26-30,32-33,42-43H,8-9,14-21H2,1-7H3,(H2,38,39,40,41)/t22-,24-,26-,27-,28+,29+,30+,32+,33-,36-,37-/m1/s1. The van der Waals surface area contributed by atoms with E-state index in [1.165, 1.54) is 25.7 Å². The van der Waals surface area contributed by atoms with Gasteiger partial charge in [0.25, 0.3) is 16.0 Å². The molecule has 4 fully saturated rings. The van der Waals surface area contributed by atoms with Gasteiger partial charge in [-0.25, -0.2) is 13.1 Å². The Morgan fingerprint density at radius 3 is 2.35 bits per heavy atom. The minimum Gasteiger partial charge on any atom is -0.393 e. The quantitative estimate of drug-likeness (QED) is 0.241. The fourth-order valence-electron chi connectivity index (χ4n) is 11.3. The zero-order valence-electron chi connectivity index (χ0n) is 29.1. The van der Waals surface area contributed by atoms with Crippen molar-refractivity contribution in [3.8, 4) is 0 Å². The van der Waals surface area contributed by atoms with E-state index < -0.39 is 10.0 Å². The van der Waals surface area contributed by atoms with Gasteiger partial charge in [-0.15, -0.1) is 5.10 Å². The summed E-state index contributed by atoms with van der Waals surface area (Å²) >= 11 is 0. The second-order valence-corrected chi connectivity index (χ2v) is 18.8. The van der Waals surface area contributed by atoms with Crippen LogP contribution in [0, 0.1) is 52.3 Å². The number of sulfonamides is 1. The van der Waals surface area contributed by atoms with Crippen molar-refractivity contribution >= 4 is 16.0 Å². The number of hydrogen-bond acceptors (Lipinski definition) is 6. The molecule has 0 aliphatic heterocycles. The lowest BCUT2D eigenvalue weighted by Gasteiger charge is -2.64. The molecule has 256 valence electrons. The molecule has 0 unspecified atom stereocenters. The summed E-state index contributed by atoms with van der Waals surface area (Å²) in [6, 6.07) is 6.98. The van der Waals surface area contributed by atoms with E-state index in [4.69, 9.17) is 0 Å². The normalized spacial score (nSPS) is 38.5. The average molecular weight is 655 g/mol. The number of H-pyrrole nitrogens is 1. The van der Waals surface area contributed by atoms with Gasteiger partial charge in [0.05, 0.1) is 17.1 Å². The van der Waals surface area contributed by atoms with Gasteiger partial charge in [0.1, 0.15) is 5.82 Å². The molecule has 46 heavy (non-hydrogen) atoms. The van der Waals surface area contributed by atoms with Gasteiger partial charge in [-0.1, -0.05) is 67.0 Å². The van der Waals surface area contributed by atoms with Gasteiger partial charge in [-0.2, -0.15) is 4.98 Å². The number of aliphatic hydroxyl groups is 2. The highest BCUT2D eigenvalue weighted by Crippen LogP contribution is 2.69. The predicted molar refractivity (Wildman–Crippen MR) is 182 cm³/mol. The van der Waals surface area contributed by atoms with Crippen molar-refractivity contribution in [2.24, 2.45) is 52.3 Å². The first-order chi connectivity index (χ1) is 21.6. The van der Waals surface area contributed by atoms with Gasteiger partial charge in [0, 0.05) is 6.42 Å². The van der Waals surface area contributed by atoms with Crippen LogP contribution in [0.4, 0.5) is 5.95 Å². The lowest BCUT2D eigenvalue weighted by Crippen LogP contribution is -2.62. The first-order valence-corrected chi connectivity index (χ1v) is 19.5. The second-order valence-electron chi connectivity index (χ2n) is 17.1. The molecule has 1 aromatic carbocycles. The van der Waals surface area contributed by atoms with Crippen LogP contribution in [0.5, 0.6) is 0 Å². The first-order valence-electron chi connectivity index (χ1n) is 18.0. The minimum absolute atomic E-state index is 0.0563. The lowest BCUT2D eigenvalue weighted by atomic mass is 9.41. The Morgan fingerprint density at radius 2 is 1.67 bits per heavy atom. The van der Waals surface area contributed by atoms with Crippen LogP contribution < -0.4 is 4.72 Å². The number of nitrogens with one attached hydrogen (secondary N) is 2. The SMILES string of the molecule is CC[C@H]1[C@@H](O)[C@@H]2[C@H](CC[C@]3(C)[C@@H]([C@H](C)CCc4nc(NS(=O)(=O)c5ccc(C(C)(C)C)cc5)n[nH]4)CC[C@@H]23)[C@@]2(C)CC[C@@H](O)C[C@@H]12. The van der Waals surface area contributed by atoms with Gasteiger partial charge < -0.3 is 10.2 Å². The van der Waals surface area contributed by atoms with E-state index in [2.05, 4.69) is 68.4 Å². The summed E-state index contributed by atoms with van der Waals surface area (Å²) in [5.41, 5.74) is 1.45. The van der Waals surface area contributed by atoms with Gasteiger partial charge in [-0.3, -0.25) is 5.10 Å². The molecule has 4 aliphatic rings.